The van der Waals surface area contributed by atoms with E-state index in [1.807, 2.05) is 13.8 Å². The molecular formula is C16H14BrN3O4. The molecule has 1 saturated heterocycles. The van der Waals surface area contributed by atoms with Crippen LogP contribution in [0.2, 0.25) is 0 Å². The van der Waals surface area contributed by atoms with Gasteiger partial charge in [0, 0.05) is 4.47 Å². The fourth-order valence-electron chi connectivity index (χ4n) is 4.21. The van der Waals surface area contributed by atoms with Crippen molar-refractivity contribution in [1.82, 2.24) is 14.9 Å². The first-order valence-corrected chi connectivity index (χ1v) is 8.44. The molecule has 2 aromatic heterocycles. The van der Waals surface area contributed by atoms with Gasteiger partial charge >= 0.3 is 0 Å². The molecule has 1 aromatic carbocycles. The van der Waals surface area contributed by atoms with E-state index in [2.05, 4.69) is 26.2 Å². The van der Waals surface area contributed by atoms with Crippen LogP contribution >= 0.6 is 15.9 Å². The van der Waals surface area contributed by atoms with Crippen LogP contribution in [0.3, 0.4) is 0 Å². The molecule has 2 atom stereocenters. The molecule has 2 aliphatic heterocycles. The number of rotatable bonds is 1. The van der Waals surface area contributed by atoms with Crippen molar-refractivity contribution in [2.45, 2.75) is 37.9 Å². The molecule has 124 valence electrons. The summed E-state index contributed by atoms with van der Waals surface area (Å²) in [6.45, 7) is 3.89. The van der Waals surface area contributed by atoms with Crippen LogP contribution in [0, 0.1) is 0 Å². The van der Waals surface area contributed by atoms with Crippen molar-refractivity contribution >= 4 is 27.0 Å². The molecule has 0 saturated carbocycles. The Morgan fingerprint density at radius 3 is 2.25 bits per heavy atom. The number of aromatic nitrogens is 3. The third-order valence-corrected chi connectivity index (χ3v) is 5.93. The second kappa shape index (κ2) is 4.12. The largest absolute Gasteiger partial charge is 0.494 e. The summed E-state index contributed by atoms with van der Waals surface area (Å²) in [4.78, 5) is 0. The van der Waals surface area contributed by atoms with Crippen LogP contribution in [0.1, 0.15) is 37.8 Å². The van der Waals surface area contributed by atoms with E-state index in [0.29, 0.717) is 27.8 Å². The van der Waals surface area contributed by atoms with Gasteiger partial charge in [-0.25, -0.2) is 9.20 Å². The quantitative estimate of drug-likeness (QED) is 0.659. The van der Waals surface area contributed by atoms with E-state index in [1.54, 1.807) is 12.1 Å². The van der Waals surface area contributed by atoms with Crippen LogP contribution in [0.15, 0.2) is 21.2 Å². The Labute approximate surface area is 144 Å². The summed E-state index contributed by atoms with van der Waals surface area (Å²) < 4.78 is 13.1. The minimum atomic E-state index is -0.590. The van der Waals surface area contributed by atoms with E-state index >= 15 is 0 Å². The predicted molar refractivity (Wildman–Crippen MR) is 87.2 cm³/mol. The number of nitrogens with zero attached hydrogens (tertiary/aromatic N) is 3. The fourth-order valence-corrected chi connectivity index (χ4v) is 4.60. The van der Waals surface area contributed by atoms with Crippen molar-refractivity contribution in [3.63, 3.8) is 0 Å². The van der Waals surface area contributed by atoms with Gasteiger partial charge < -0.3 is 14.9 Å². The molecule has 24 heavy (non-hydrogen) atoms. The molecule has 5 rings (SSSR count). The molecule has 1 fully saturated rings. The Morgan fingerprint density at radius 2 is 1.62 bits per heavy atom. The van der Waals surface area contributed by atoms with Gasteiger partial charge in [-0.3, -0.25) is 0 Å². The lowest BCUT2D eigenvalue weighted by Crippen LogP contribution is -2.17. The number of ether oxygens (including phenoxy) is 1. The molecule has 0 spiro atoms. The molecule has 0 aliphatic carbocycles. The minimum absolute atomic E-state index is 0.0277. The van der Waals surface area contributed by atoms with E-state index in [0.717, 1.165) is 17.3 Å². The van der Waals surface area contributed by atoms with Crippen molar-refractivity contribution < 1.29 is 19.6 Å². The van der Waals surface area contributed by atoms with Crippen molar-refractivity contribution in [2.24, 2.45) is 0 Å². The summed E-state index contributed by atoms with van der Waals surface area (Å²) in [5.74, 6) is -0.0555. The standard InChI is InChI=1S/C16H14BrN3O4/c1-15-5-6-16(2,23-15)10-9(15)13(21)20(14(10)22)8-4-3-7(17)11-12(8)19-24-18-11/h3-4,21-22H,5-6H2,1-2H3/t15-,16+. The van der Waals surface area contributed by atoms with Gasteiger partial charge in [0.1, 0.15) is 0 Å². The zero-order valence-corrected chi connectivity index (χ0v) is 14.6. The minimum Gasteiger partial charge on any atom is -0.494 e. The van der Waals surface area contributed by atoms with Crippen LogP contribution in [0.4, 0.5) is 0 Å². The lowest BCUT2D eigenvalue weighted by atomic mass is 9.80. The summed E-state index contributed by atoms with van der Waals surface area (Å²) >= 11 is 3.39. The molecule has 0 unspecified atom stereocenters. The number of halogens is 1. The summed E-state index contributed by atoms with van der Waals surface area (Å²) in [5.41, 5.74) is 1.61. The first kappa shape index (κ1) is 14.3. The highest BCUT2D eigenvalue weighted by Crippen LogP contribution is 2.64. The molecule has 2 bridgehead atoms. The lowest BCUT2D eigenvalue weighted by molar-refractivity contribution is -0.0683. The maximum atomic E-state index is 10.9. The van der Waals surface area contributed by atoms with Gasteiger partial charge in [0.05, 0.1) is 28.0 Å². The van der Waals surface area contributed by atoms with Crippen molar-refractivity contribution in [1.29, 1.82) is 0 Å². The highest BCUT2D eigenvalue weighted by atomic mass is 79.9. The second-order valence-corrected chi connectivity index (χ2v) is 7.68. The van der Waals surface area contributed by atoms with Crippen molar-refractivity contribution in [3.8, 4) is 17.4 Å². The first-order valence-electron chi connectivity index (χ1n) is 7.65. The molecule has 0 radical (unpaired) electrons. The van der Waals surface area contributed by atoms with Gasteiger partial charge in [-0.1, -0.05) is 0 Å². The maximum Gasteiger partial charge on any atom is 0.205 e. The fraction of sp³-hybridized carbons (Fsp3) is 0.375. The van der Waals surface area contributed by atoms with E-state index in [4.69, 9.17) is 9.37 Å². The van der Waals surface area contributed by atoms with E-state index < -0.39 is 11.2 Å². The molecule has 4 heterocycles. The summed E-state index contributed by atoms with van der Waals surface area (Å²) in [5, 5.41) is 29.5. The van der Waals surface area contributed by atoms with Crippen molar-refractivity contribution in [2.75, 3.05) is 0 Å². The second-order valence-electron chi connectivity index (χ2n) is 6.82. The van der Waals surface area contributed by atoms with Crippen molar-refractivity contribution in [3.05, 3.63) is 27.7 Å². The maximum absolute atomic E-state index is 10.9. The number of hydrogen-bond donors (Lipinski definition) is 2. The Kier molecular flexibility index (Phi) is 2.46. The van der Waals surface area contributed by atoms with Crippen LogP contribution < -0.4 is 0 Å². The molecular weight excluding hydrogens is 378 g/mol. The SMILES string of the molecule is C[C@]12CC[C@](C)(O1)c1c2c(O)n(-c2ccc(Br)c3nonc23)c1O. The summed E-state index contributed by atoms with van der Waals surface area (Å²) in [6.07, 6.45) is 1.60. The molecule has 2 aliphatic rings. The van der Waals surface area contributed by atoms with Crippen LogP contribution in [0.25, 0.3) is 16.7 Å². The predicted octanol–water partition coefficient (Wildman–Crippen LogP) is 3.44. The Hall–Kier alpha value is -2.06. The van der Waals surface area contributed by atoms with Crippen LogP contribution in [0.5, 0.6) is 11.8 Å². The lowest BCUT2D eigenvalue weighted by Gasteiger charge is -2.21. The molecule has 3 aromatic rings. The zero-order valence-electron chi connectivity index (χ0n) is 13.0. The monoisotopic (exact) mass is 391 g/mol. The highest BCUT2D eigenvalue weighted by Gasteiger charge is 2.59. The van der Waals surface area contributed by atoms with Gasteiger partial charge in [0.2, 0.25) is 11.8 Å². The molecule has 2 N–H and O–H groups in total. The Morgan fingerprint density at radius 1 is 1.04 bits per heavy atom. The number of hydrogen-bond acceptors (Lipinski definition) is 6. The smallest absolute Gasteiger partial charge is 0.205 e. The third kappa shape index (κ3) is 1.46. The summed E-state index contributed by atoms with van der Waals surface area (Å²) in [6, 6.07) is 3.53. The van der Waals surface area contributed by atoms with Gasteiger partial charge in [0.15, 0.2) is 11.0 Å². The topological polar surface area (TPSA) is 93.5 Å². The molecule has 8 heteroatoms. The summed E-state index contributed by atoms with van der Waals surface area (Å²) in [7, 11) is 0. The molecule has 7 nitrogen and oxygen atoms in total. The Bertz CT molecular complexity index is 987. The molecule has 0 amide bonds. The van der Waals surface area contributed by atoms with Gasteiger partial charge in [-0.05, 0) is 65.1 Å². The van der Waals surface area contributed by atoms with Crippen LogP contribution in [-0.4, -0.2) is 25.1 Å². The number of fused-ring (bicyclic) bond motifs is 6. The average molecular weight is 392 g/mol. The van der Waals surface area contributed by atoms with E-state index in [-0.39, 0.29) is 11.8 Å². The zero-order chi connectivity index (χ0) is 16.9. The van der Waals surface area contributed by atoms with Gasteiger partial charge in [-0.2, -0.15) is 0 Å². The van der Waals surface area contributed by atoms with Gasteiger partial charge in [0.25, 0.3) is 0 Å². The number of aromatic hydroxyl groups is 2. The number of benzene rings is 1. The normalized spacial score (nSPS) is 28.0. The van der Waals surface area contributed by atoms with Crippen LogP contribution in [-0.2, 0) is 15.9 Å². The highest BCUT2D eigenvalue weighted by molar-refractivity contribution is 9.10. The van der Waals surface area contributed by atoms with E-state index in [1.165, 1.54) is 4.57 Å². The average Bonchev–Trinajstić information content (AvgIpc) is 3.23. The van der Waals surface area contributed by atoms with Gasteiger partial charge in [-0.15, -0.1) is 0 Å². The third-order valence-electron chi connectivity index (χ3n) is 5.29. The Balaban J connectivity index is 1.86. The first-order chi connectivity index (χ1) is 11.4. The van der Waals surface area contributed by atoms with E-state index in [9.17, 15) is 10.2 Å².